The fourth-order valence-electron chi connectivity index (χ4n) is 3.61. The molecule has 3 aromatic carbocycles. The highest BCUT2D eigenvalue weighted by atomic mass is 16.6. The molecule has 0 radical (unpaired) electrons. The Balaban J connectivity index is 1.75. The molecule has 0 fully saturated rings. The summed E-state index contributed by atoms with van der Waals surface area (Å²) in [6, 6.07) is 24.0. The molecule has 0 saturated heterocycles. The van der Waals surface area contributed by atoms with Gasteiger partial charge in [-0.3, -0.25) is 19.2 Å². The first kappa shape index (κ1) is 26.2. The third kappa shape index (κ3) is 8.39. The molecule has 3 aromatic rings. The highest BCUT2D eigenvalue weighted by Gasteiger charge is 2.25. The summed E-state index contributed by atoms with van der Waals surface area (Å²) < 4.78 is 5.36. The van der Waals surface area contributed by atoms with Crippen molar-refractivity contribution in [1.29, 1.82) is 0 Å². The summed E-state index contributed by atoms with van der Waals surface area (Å²) in [5.41, 5.74) is 2.71. The summed E-state index contributed by atoms with van der Waals surface area (Å²) in [7, 11) is 0. The first-order chi connectivity index (χ1) is 17.3. The van der Waals surface area contributed by atoms with Crippen molar-refractivity contribution in [3.63, 3.8) is 0 Å². The highest BCUT2D eigenvalue weighted by molar-refractivity contribution is 5.97. The van der Waals surface area contributed by atoms with Gasteiger partial charge in [-0.15, -0.1) is 0 Å². The maximum atomic E-state index is 13.3. The lowest BCUT2D eigenvalue weighted by Gasteiger charge is -2.24. The van der Waals surface area contributed by atoms with Crippen molar-refractivity contribution in [3.8, 4) is 0 Å². The summed E-state index contributed by atoms with van der Waals surface area (Å²) in [6.07, 6.45) is -0.492. The van der Waals surface area contributed by atoms with Crippen LogP contribution < -0.4 is 16.0 Å². The number of ether oxygens (including phenoxy) is 1. The molecule has 0 spiro atoms. The van der Waals surface area contributed by atoms with Gasteiger partial charge in [-0.05, 0) is 35.4 Å². The van der Waals surface area contributed by atoms with Crippen molar-refractivity contribution in [2.24, 2.45) is 0 Å². The van der Waals surface area contributed by atoms with Crippen LogP contribution in [0.2, 0.25) is 0 Å². The molecule has 0 aliphatic rings. The number of hydrogen-bond donors (Lipinski definition) is 3. The van der Waals surface area contributed by atoms with Crippen molar-refractivity contribution in [2.45, 2.75) is 39.0 Å². The van der Waals surface area contributed by atoms with E-state index in [4.69, 9.17) is 4.74 Å². The van der Waals surface area contributed by atoms with Crippen LogP contribution in [0.25, 0.3) is 0 Å². The summed E-state index contributed by atoms with van der Waals surface area (Å²) in [4.78, 5) is 49.1. The van der Waals surface area contributed by atoms with E-state index in [9.17, 15) is 19.2 Å². The van der Waals surface area contributed by atoms with Crippen LogP contribution >= 0.6 is 0 Å². The molecule has 36 heavy (non-hydrogen) atoms. The summed E-state index contributed by atoms with van der Waals surface area (Å²) in [5, 5.41) is 8.24. The quantitative estimate of drug-likeness (QED) is 0.300. The molecule has 2 atom stereocenters. The largest absolute Gasteiger partial charge is 0.442 e. The SMILES string of the molecule is CC(=O)Nc1ccc(C[C@H](NC(=O)[C@H](Cc2ccccc2)NC(=O)c2ccccc2)OC(C)=O)cc1. The molecular formula is C28H29N3O5. The average molecular weight is 488 g/mol. The fourth-order valence-corrected chi connectivity index (χ4v) is 3.61. The third-order valence-corrected chi connectivity index (χ3v) is 5.25. The predicted octanol–water partition coefficient (Wildman–Crippen LogP) is 3.23. The lowest BCUT2D eigenvalue weighted by atomic mass is 10.0. The molecule has 3 rings (SSSR count). The Morgan fingerprint density at radius 1 is 0.722 bits per heavy atom. The van der Waals surface area contributed by atoms with Crippen LogP contribution in [0, 0.1) is 0 Å². The number of anilines is 1. The van der Waals surface area contributed by atoms with E-state index in [-0.39, 0.29) is 24.7 Å². The van der Waals surface area contributed by atoms with E-state index in [1.807, 2.05) is 30.3 Å². The number of hydrogen-bond acceptors (Lipinski definition) is 5. The minimum atomic E-state index is -0.950. The summed E-state index contributed by atoms with van der Waals surface area (Å²) in [5.74, 6) is -1.61. The van der Waals surface area contributed by atoms with Gasteiger partial charge < -0.3 is 20.7 Å². The van der Waals surface area contributed by atoms with Gasteiger partial charge in [-0.2, -0.15) is 0 Å². The average Bonchev–Trinajstić information content (AvgIpc) is 2.85. The molecule has 0 bridgehead atoms. The highest BCUT2D eigenvalue weighted by Crippen LogP contribution is 2.13. The van der Waals surface area contributed by atoms with Crippen LogP contribution in [0.1, 0.15) is 35.3 Å². The van der Waals surface area contributed by atoms with Crippen molar-refractivity contribution in [1.82, 2.24) is 10.6 Å². The second kappa shape index (κ2) is 12.9. The number of rotatable bonds is 10. The summed E-state index contributed by atoms with van der Waals surface area (Å²) in [6.45, 7) is 2.68. The second-order valence-electron chi connectivity index (χ2n) is 8.27. The minimum absolute atomic E-state index is 0.185. The Labute approximate surface area is 210 Å². The van der Waals surface area contributed by atoms with E-state index >= 15 is 0 Å². The minimum Gasteiger partial charge on any atom is -0.442 e. The molecule has 3 amide bonds. The van der Waals surface area contributed by atoms with Gasteiger partial charge in [0.2, 0.25) is 11.8 Å². The molecule has 0 saturated carbocycles. The number of esters is 1. The number of nitrogens with one attached hydrogen (secondary N) is 3. The second-order valence-corrected chi connectivity index (χ2v) is 8.27. The molecule has 0 aliphatic heterocycles. The molecule has 0 unspecified atom stereocenters. The van der Waals surface area contributed by atoms with Gasteiger partial charge in [0.15, 0.2) is 6.23 Å². The first-order valence-electron chi connectivity index (χ1n) is 11.5. The lowest BCUT2D eigenvalue weighted by Crippen LogP contribution is -2.52. The van der Waals surface area contributed by atoms with Gasteiger partial charge in [0, 0.05) is 37.9 Å². The third-order valence-electron chi connectivity index (χ3n) is 5.25. The Bertz CT molecular complexity index is 1180. The van der Waals surface area contributed by atoms with Crippen LogP contribution in [0.3, 0.4) is 0 Å². The molecule has 0 heterocycles. The Hall–Kier alpha value is -4.46. The smallest absolute Gasteiger partial charge is 0.304 e. The van der Waals surface area contributed by atoms with Gasteiger partial charge in [0.05, 0.1) is 0 Å². The zero-order valence-electron chi connectivity index (χ0n) is 20.2. The van der Waals surface area contributed by atoms with Gasteiger partial charge in [0.25, 0.3) is 5.91 Å². The Kier molecular flexibility index (Phi) is 9.33. The summed E-state index contributed by atoms with van der Waals surface area (Å²) >= 11 is 0. The van der Waals surface area contributed by atoms with Gasteiger partial charge in [-0.1, -0.05) is 60.7 Å². The lowest BCUT2D eigenvalue weighted by molar-refractivity contribution is -0.149. The van der Waals surface area contributed by atoms with Gasteiger partial charge >= 0.3 is 5.97 Å². The van der Waals surface area contributed by atoms with E-state index in [0.717, 1.165) is 11.1 Å². The molecule has 8 heteroatoms. The van der Waals surface area contributed by atoms with Crippen molar-refractivity contribution in [3.05, 3.63) is 102 Å². The van der Waals surface area contributed by atoms with Crippen LogP contribution in [-0.2, 0) is 32.0 Å². The van der Waals surface area contributed by atoms with Gasteiger partial charge in [-0.25, -0.2) is 0 Å². The monoisotopic (exact) mass is 487 g/mol. The van der Waals surface area contributed by atoms with E-state index in [0.29, 0.717) is 11.3 Å². The standard InChI is InChI=1S/C28H29N3O5/c1-19(32)29-24-15-13-22(14-16-24)18-26(36-20(2)33)31-28(35)25(17-21-9-5-3-6-10-21)30-27(34)23-11-7-4-8-12-23/h3-16,25-26H,17-18H2,1-2H3,(H,29,32)(H,30,34)(H,31,35)/t25-,26+/m0/s1. The van der Waals surface area contributed by atoms with E-state index in [2.05, 4.69) is 16.0 Å². The molecule has 8 nitrogen and oxygen atoms in total. The van der Waals surface area contributed by atoms with Gasteiger partial charge in [0.1, 0.15) is 6.04 Å². The molecular weight excluding hydrogens is 458 g/mol. The molecule has 0 aromatic heterocycles. The fraction of sp³-hybridized carbons (Fsp3) is 0.214. The topological polar surface area (TPSA) is 114 Å². The molecule has 3 N–H and O–H groups in total. The van der Waals surface area contributed by atoms with Crippen molar-refractivity contribution >= 4 is 29.4 Å². The van der Waals surface area contributed by atoms with E-state index in [1.165, 1.54) is 13.8 Å². The maximum Gasteiger partial charge on any atom is 0.304 e. The Morgan fingerprint density at radius 2 is 1.31 bits per heavy atom. The van der Waals surface area contributed by atoms with E-state index in [1.54, 1.807) is 54.6 Å². The van der Waals surface area contributed by atoms with Crippen molar-refractivity contribution in [2.75, 3.05) is 5.32 Å². The van der Waals surface area contributed by atoms with Crippen LogP contribution in [-0.4, -0.2) is 36.0 Å². The zero-order valence-corrected chi connectivity index (χ0v) is 20.2. The van der Waals surface area contributed by atoms with Crippen molar-refractivity contribution < 1.29 is 23.9 Å². The van der Waals surface area contributed by atoms with Crippen LogP contribution in [0.5, 0.6) is 0 Å². The first-order valence-corrected chi connectivity index (χ1v) is 11.5. The Morgan fingerprint density at radius 3 is 1.89 bits per heavy atom. The number of carbonyl (C=O) groups is 4. The maximum absolute atomic E-state index is 13.3. The van der Waals surface area contributed by atoms with Crippen LogP contribution in [0.15, 0.2) is 84.9 Å². The number of benzene rings is 3. The number of carbonyl (C=O) groups excluding carboxylic acids is 4. The molecule has 0 aliphatic carbocycles. The molecule has 186 valence electrons. The zero-order chi connectivity index (χ0) is 25.9. The normalized spacial score (nSPS) is 12.1. The number of amides is 3. The predicted molar refractivity (Wildman–Crippen MR) is 136 cm³/mol. The van der Waals surface area contributed by atoms with Crippen LogP contribution in [0.4, 0.5) is 5.69 Å². The van der Waals surface area contributed by atoms with E-state index < -0.39 is 24.1 Å².